The van der Waals surface area contributed by atoms with Crippen LogP contribution in [0.25, 0.3) is 11.0 Å². The number of hydrogen-bond donors (Lipinski definition) is 2. The molecular formula is C25H32ClN7O2S. The van der Waals surface area contributed by atoms with Gasteiger partial charge in [0.05, 0.1) is 17.9 Å². The number of hydrogen-bond acceptors (Lipinski definition) is 7. The number of carbonyl (C=O) groups excluding carboxylic acids is 2. The van der Waals surface area contributed by atoms with Gasteiger partial charge in [-0.15, -0.1) is 0 Å². The van der Waals surface area contributed by atoms with Gasteiger partial charge in [-0.3, -0.25) is 9.59 Å². The van der Waals surface area contributed by atoms with E-state index in [1.807, 2.05) is 11.1 Å². The van der Waals surface area contributed by atoms with Crippen molar-refractivity contribution in [2.75, 3.05) is 11.4 Å². The van der Waals surface area contributed by atoms with E-state index in [9.17, 15) is 9.59 Å². The Hall–Kier alpha value is -2.72. The Morgan fingerprint density at radius 1 is 1.22 bits per heavy atom. The number of pyridine rings is 1. The van der Waals surface area contributed by atoms with Crippen molar-refractivity contribution in [1.82, 2.24) is 24.8 Å². The molecule has 3 aromatic heterocycles. The van der Waals surface area contributed by atoms with Crippen LogP contribution in [0.1, 0.15) is 74.0 Å². The first kappa shape index (κ1) is 25.0. The molecule has 2 amide bonds. The number of halogens is 1. The Kier molecular flexibility index (Phi) is 7.16. The zero-order chi connectivity index (χ0) is 25.4. The first-order valence-electron chi connectivity index (χ1n) is 12.6. The fourth-order valence-electron chi connectivity index (χ4n) is 5.58. The van der Waals surface area contributed by atoms with E-state index in [0.29, 0.717) is 15.3 Å². The maximum atomic E-state index is 12.7. The average Bonchev–Trinajstić information content (AvgIpc) is 3.56. The van der Waals surface area contributed by atoms with Crippen LogP contribution in [0.15, 0.2) is 18.5 Å². The van der Waals surface area contributed by atoms with Gasteiger partial charge in [-0.1, -0.05) is 36.8 Å². The summed E-state index contributed by atoms with van der Waals surface area (Å²) in [6.07, 6.45) is 9.59. The van der Waals surface area contributed by atoms with Gasteiger partial charge in [0.2, 0.25) is 5.91 Å². The third-order valence-corrected chi connectivity index (χ3v) is 8.23. The summed E-state index contributed by atoms with van der Waals surface area (Å²) in [6, 6.07) is 1.98. The zero-order valence-electron chi connectivity index (χ0n) is 20.6. The Labute approximate surface area is 219 Å². The van der Waals surface area contributed by atoms with Crippen LogP contribution in [0.2, 0.25) is 4.34 Å². The second-order valence-electron chi connectivity index (χ2n) is 10.2. The molecular weight excluding hydrogens is 498 g/mol. The van der Waals surface area contributed by atoms with Gasteiger partial charge < -0.3 is 20.5 Å². The molecule has 0 unspecified atom stereocenters. The number of primary amides is 1. The van der Waals surface area contributed by atoms with Gasteiger partial charge in [-0.2, -0.15) is 0 Å². The van der Waals surface area contributed by atoms with E-state index in [2.05, 4.69) is 39.8 Å². The van der Waals surface area contributed by atoms with Crippen molar-refractivity contribution in [2.45, 2.75) is 76.9 Å². The van der Waals surface area contributed by atoms with Crippen molar-refractivity contribution in [3.05, 3.63) is 33.6 Å². The number of rotatable bonds is 7. The molecule has 0 bridgehead atoms. The van der Waals surface area contributed by atoms with E-state index in [1.165, 1.54) is 17.5 Å². The molecule has 1 saturated carbocycles. The van der Waals surface area contributed by atoms with Gasteiger partial charge in [0.15, 0.2) is 5.01 Å². The number of aromatic nitrogens is 4. The summed E-state index contributed by atoms with van der Waals surface area (Å²) >= 11 is 7.16. The topological polar surface area (TPSA) is 119 Å². The number of nitrogens with zero attached hydrogens (tertiary/aromatic N) is 5. The molecule has 9 nitrogen and oxygen atoms in total. The van der Waals surface area contributed by atoms with Crippen LogP contribution in [-0.4, -0.2) is 50.0 Å². The highest BCUT2D eigenvalue weighted by Crippen LogP contribution is 2.35. The van der Waals surface area contributed by atoms with Crippen molar-refractivity contribution in [2.24, 2.45) is 11.7 Å². The number of carbonyl (C=O) groups is 2. The summed E-state index contributed by atoms with van der Waals surface area (Å²) in [5, 5.41) is 3.56. The van der Waals surface area contributed by atoms with Crippen molar-refractivity contribution < 1.29 is 9.59 Å². The number of fused-ring (bicyclic) bond motifs is 1. The minimum absolute atomic E-state index is 0.0439. The van der Waals surface area contributed by atoms with Crippen molar-refractivity contribution in [3.8, 4) is 0 Å². The minimum Gasteiger partial charge on any atom is -0.368 e. The van der Waals surface area contributed by atoms with Gasteiger partial charge >= 0.3 is 0 Å². The lowest BCUT2D eigenvalue weighted by molar-refractivity contribution is -0.119. The van der Waals surface area contributed by atoms with E-state index in [1.54, 1.807) is 0 Å². The summed E-state index contributed by atoms with van der Waals surface area (Å²) in [4.78, 5) is 40.5. The van der Waals surface area contributed by atoms with E-state index < -0.39 is 0 Å². The molecule has 2 aliphatic rings. The molecule has 3 N–H and O–H groups in total. The van der Waals surface area contributed by atoms with Crippen LogP contribution < -0.4 is 16.0 Å². The van der Waals surface area contributed by atoms with Crippen molar-refractivity contribution in [3.63, 3.8) is 0 Å². The Bertz CT molecular complexity index is 1270. The summed E-state index contributed by atoms with van der Waals surface area (Å²) in [6.45, 7) is 5.15. The largest absolute Gasteiger partial charge is 0.368 e. The summed E-state index contributed by atoms with van der Waals surface area (Å²) in [5.74, 6) is 1.77. The summed E-state index contributed by atoms with van der Waals surface area (Å²) in [7, 11) is 0. The molecule has 1 aliphatic heterocycles. The van der Waals surface area contributed by atoms with Gasteiger partial charge in [0, 0.05) is 31.1 Å². The lowest BCUT2D eigenvalue weighted by atomic mass is 9.90. The SMILES string of the molecule is CC(C)Cc1nc2cnc(N3CCC[C@@H]3C(N)=O)cc2n1[C@@H]1CCC[C@H](NC(=O)c2ncc(Cl)s2)C1. The molecule has 3 aromatic rings. The highest BCUT2D eigenvalue weighted by atomic mass is 35.5. The maximum absolute atomic E-state index is 12.7. The molecule has 5 rings (SSSR count). The van der Waals surface area contributed by atoms with E-state index in [0.717, 1.165) is 74.2 Å². The Morgan fingerprint density at radius 3 is 2.78 bits per heavy atom. The zero-order valence-corrected chi connectivity index (χ0v) is 22.2. The number of thiazole rings is 1. The summed E-state index contributed by atoms with van der Waals surface area (Å²) < 4.78 is 2.86. The molecule has 0 spiro atoms. The number of nitrogens with two attached hydrogens (primary N) is 1. The Morgan fingerprint density at radius 2 is 2.06 bits per heavy atom. The first-order chi connectivity index (χ1) is 17.3. The third-order valence-electron chi connectivity index (χ3n) is 7.12. The van der Waals surface area contributed by atoms with E-state index >= 15 is 0 Å². The number of anilines is 1. The fraction of sp³-hybridized carbons (Fsp3) is 0.560. The van der Waals surface area contributed by atoms with Crippen LogP contribution >= 0.6 is 22.9 Å². The molecule has 1 saturated heterocycles. The normalized spacial score (nSPS) is 22.4. The van der Waals surface area contributed by atoms with E-state index in [4.69, 9.17) is 22.3 Å². The average molecular weight is 530 g/mol. The predicted molar refractivity (Wildman–Crippen MR) is 142 cm³/mol. The molecule has 4 heterocycles. The number of nitrogens with one attached hydrogen (secondary N) is 1. The van der Waals surface area contributed by atoms with Crippen LogP contribution in [-0.2, 0) is 11.2 Å². The molecule has 0 radical (unpaired) electrons. The van der Waals surface area contributed by atoms with Gasteiger partial charge in [0.1, 0.15) is 27.5 Å². The molecule has 192 valence electrons. The van der Waals surface area contributed by atoms with Crippen LogP contribution in [0, 0.1) is 5.92 Å². The van der Waals surface area contributed by atoms with Crippen molar-refractivity contribution >= 4 is 51.6 Å². The minimum atomic E-state index is -0.324. The molecule has 0 aromatic carbocycles. The second kappa shape index (κ2) is 10.3. The maximum Gasteiger partial charge on any atom is 0.280 e. The highest BCUT2D eigenvalue weighted by Gasteiger charge is 2.32. The molecule has 2 fully saturated rings. The molecule has 36 heavy (non-hydrogen) atoms. The summed E-state index contributed by atoms with van der Waals surface area (Å²) in [5.41, 5.74) is 7.55. The fourth-order valence-corrected chi connectivity index (χ4v) is 6.40. The van der Waals surface area contributed by atoms with Crippen LogP contribution in [0.5, 0.6) is 0 Å². The Balaban J connectivity index is 1.45. The van der Waals surface area contributed by atoms with Gasteiger partial charge in [-0.25, -0.2) is 15.0 Å². The third kappa shape index (κ3) is 5.06. The smallest absolute Gasteiger partial charge is 0.280 e. The van der Waals surface area contributed by atoms with E-state index in [-0.39, 0.29) is 29.9 Å². The van der Waals surface area contributed by atoms with Crippen LogP contribution in [0.3, 0.4) is 0 Å². The van der Waals surface area contributed by atoms with Crippen molar-refractivity contribution in [1.29, 1.82) is 0 Å². The predicted octanol–water partition coefficient (Wildman–Crippen LogP) is 4.11. The monoisotopic (exact) mass is 529 g/mol. The second-order valence-corrected chi connectivity index (χ2v) is 11.9. The standard InChI is InChI=1S/C25H32ClN7O2S/c1-14(2)9-22-31-17-12-28-21(32-8-4-7-18(32)23(27)34)11-19(17)33(22)16-6-3-5-15(10-16)30-24(35)25-29-13-20(26)36-25/h11-16,18H,3-10H2,1-2H3,(H2,27,34)(H,30,35)/t15-,16+,18+/m0/s1. The van der Waals surface area contributed by atoms with Gasteiger partial charge in [-0.05, 0) is 44.4 Å². The lowest BCUT2D eigenvalue weighted by Crippen LogP contribution is -2.40. The van der Waals surface area contributed by atoms with Crippen LogP contribution in [0.4, 0.5) is 5.82 Å². The molecule has 3 atom stereocenters. The molecule has 11 heteroatoms. The number of amides is 2. The molecule has 1 aliphatic carbocycles. The quantitative estimate of drug-likeness (QED) is 0.475. The number of imidazole rings is 1. The first-order valence-corrected chi connectivity index (χ1v) is 13.8. The highest BCUT2D eigenvalue weighted by molar-refractivity contribution is 7.17. The van der Waals surface area contributed by atoms with Gasteiger partial charge in [0.25, 0.3) is 5.91 Å². The lowest BCUT2D eigenvalue weighted by Gasteiger charge is -2.32.